The van der Waals surface area contributed by atoms with Gasteiger partial charge >= 0.3 is 0 Å². The number of amides is 1. The van der Waals surface area contributed by atoms with Gasteiger partial charge in [-0.15, -0.1) is 0 Å². The highest BCUT2D eigenvalue weighted by atomic mass is 32.2. The summed E-state index contributed by atoms with van der Waals surface area (Å²) in [5, 5.41) is 0. The number of carbonyl (C=O) groups is 1. The summed E-state index contributed by atoms with van der Waals surface area (Å²) in [4.78, 5) is 12.5. The number of hydrogen-bond donors (Lipinski definition) is 0. The molecule has 0 aromatic heterocycles. The van der Waals surface area contributed by atoms with Crippen LogP contribution in [0.25, 0.3) is 0 Å². The van der Waals surface area contributed by atoms with Crippen molar-refractivity contribution in [3.63, 3.8) is 0 Å². The predicted octanol–water partition coefficient (Wildman–Crippen LogP) is 1.20. The van der Waals surface area contributed by atoms with Crippen molar-refractivity contribution in [3.05, 3.63) is 23.8 Å². The zero-order chi connectivity index (χ0) is 15.7. The molecule has 0 bridgehead atoms. The molecule has 6 nitrogen and oxygen atoms in total. The topological polar surface area (TPSA) is 72.9 Å². The highest BCUT2D eigenvalue weighted by Gasteiger charge is 2.38. The van der Waals surface area contributed by atoms with Crippen molar-refractivity contribution in [1.29, 1.82) is 0 Å². The van der Waals surface area contributed by atoms with Gasteiger partial charge in [-0.3, -0.25) is 4.79 Å². The highest BCUT2D eigenvalue weighted by molar-refractivity contribution is 7.89. The lowest BCUT2D eigenvalue weighted by atomic mass is 9.95. The molecule has 1 amide bonds. The Balaban J connectivity index is 1.80. The minimum atomic E-state index is -3.43. The second kappa shape index (κ2) is 5.79. The van der Waals surface area contributed by atoms with Gasteiger partial charge in [-0.1, -0.05) is 12.1 Å². The largest absolute Gasteiger partial charge is 0.490 e. The molecular weight excluding hydrogens is 306 g/mol. The van der Waals surface area contributed by atoms with Crippen molar-refractivity contribution in [3.8, 4) is 11.5 Å². The quantitative estimate of drug-likeness (QED) is 0.835. The number of hydrogen-bond acceptors (Lipinski definition) is 5. The summed E-state index contributed by atoms with van der Waals surface area (Å²) in [6.07, 6.45) is 0.980. The van der Waals surface area contributed by atoms with Gasteiger partial charge in [0.25, 0.3) is 0 Å². The number of fused-ring (bicyclic) bond motifs is 1. The van der Waals surface area contributed by atoms with Crippen LogP contribution in [0.1, 0.15) is 18.9 Å². The molecular formula is C15H19NO5S. The van der Waals surface area contributed by atoms with E-state index >= 15 is 0 Å². The Morgan fingerprint density at radius 2 is 2.27 bits per heavy atom. The maximum absolute atomic E-state index is 12.5. The van der Waals surface area contributed by atoms with Crippen LogP contribution in [-0.2, 0) is 21.2 Å². The Hall–Kier alpha value is -1.76. The van der Waals surface area contributed by atoms with E-state index in [9.17, 15) is 13.2 Å². The maximum atomic E-state index is 12.5. The third-order valence-corrected chi connectivity index (χ3v) is 5.79. The molecule has 1 aromatic carbocycles. The number of carbonyl (C=O) groups excluding carboxylic acids is 1. The third kappa shape index (κ3) is 2.65. The third-order valence-electron chi connectivity index (χ3n) is 3.95. The zero-order valence-corrected chi connectivity index (χ0v) is 13.3. The summed E-state index contributed by atoms with van der Waals surface area (Å²) in [5.74, 6) is 0.566. The summed E-state index contributed by atoms with van der Waals surface area (Å²) >= 11 is 0. The molecule has 0 spiro atoms. The Morgan fingerprint density at radius 3 is 2.95 bits per heavy atom. The molecule has 1 atom stereocenters. The molecule has 1 saturated heterocycles. The van der Waals surface area contributed by atoms with Crippen molar-refractivity contribution >= 4 is 15.9 Å². The number of ether oxygens (including phenoxy) is 2. The lowest BCUT2D eigenvalue weighted by Crippen LogP contribution is -2.41. The number of benzene rings is 1. The van der Waals surface area contributed by atoms with E-state index in [0.29, 0.717) is 30.9 Å². The maximum Gasteiger partial charge on any atom is 0.242 e. The van der Waals surface area contributed by atoms with Crippen molar-refractivity contribution < 1.29 is 22.7 Å². The van der Waals surface area contributed by atoms with Crippen LogP contribution in [0.3, 0.4) is 0 Å². The molecule has 0 radical (unpaired) electrons. The smallest absolute Gasteiger partial charge is 0.242 e. The van der Waals surface area contributed by atoms with Gasteiger partial charge < -0.3 is 9.47 Å². The van der Waals surface area contributed by atoms with Gasteiger partial charge in [0.05, 0.1) is 18.3 Å². The first-order valence-electron chi connectivity index (χ1n) is 7.44. The van der Waals surface area contributed by atoms with Crippen molar-refractivity contribution in [2.24, 2.45) is 5.92 Å². The lowest BCUT2D eigenvalue weighted by Gasteiger charge is -2.28. The first-order valence-corrected chi connectivity index (χ1v) is 9.05. The van der Waals surface area contributed by atoms with E-state index in [1.807, 2.05) is 25.1 Å². The summed E-state index contributed by atoms with van der Waals surface area (Å²) in [5.41, 5.74) is 0.882. The van der Waals surface area contributed by atoms with Crippen molar-refractivity contribution in [2.75, 3.05) is 25.5 Å². The molecule has 0 unspecified atom stereocenters. The normalized spacial score (nSPS) is 22.8. The van der Waals surface area contributed by atoms with Crippen LogP contribution in [-0.4, -0.2) is 44.1 Å². The van der Waals surface area contributed by atoms with E-state index in [4.69, 9.17) is 9.47 Å². The number of para-hydroxylation sites is 1. The Morgan fingerprint density at radius 1 is 1.45 bits per heavy atom. The van der Waals surface area contributed by atoms with E-state index in [1.165, 1.54) is 0 Å². The van der Waals surface area contributed by atoms with Crippen molar-refractivity contribution in [1.82, 2.24) is 4.31 Å². The van der Waals surface area contributed by atoms with Crippen LogP contribution in [0.15, 0.2) is 18.2 Å². The van der Waals surface area contributed by atoms with Gasteiger partial charge in [0.15, 0.2) is 11.5 Å². The van der Waals surface area contributed by atoms with Crippen LogP contribution in [0.5, 0.6) is 11.5 Å². The molecule has 2 aliphatic rings. The van der Waals surface area contributed by atoms with Gasteiger partial charge in [0.1, 0.15) is 6.61 Å². The summed E-state index contributed by atoms with van der Waals surface area (Å²) in [7, 11) is -3.43. The molecule has 3 rings (SSSR count). The van der Waals surface area contributed by atoms with Gasteiger partial charge in [0, 0.05) is 6.54 Å². The highest BCUT2D eigenvalue weighted by Crippen LogP contribution is 2.37. The molecule has 120 valence electrons. The van der Waals surface area contributed by atoms with Crippen LogP contribution < -0.4 is 9.47 Å². The van der Waals surface area contributed by atoms with E-state index in [2.05, 4.69) is 0 Å². The second-order valence-electron chi connectivity index (χ2n) is 5.47. The number of sulfonamides is 1. The monoisotopic (exact) mass is 325 g/mol. The average Bonchev–Trinajstić information content (AvgIpc) is 2.86. The Bertz CT molecular complexity index is 685. The van der Waals surface area contributed by atoms with Gasteiger partial charge in [-0.2, -0.15) is 0 Å². The van der Waals surface area contributed by atoms with Crippen LogP contribution in [0.2, 0.25) is 0 Å². The van der Waals surface area contributed by atoms with E-state index in [0.717, 1.165) is 9.87 Å². The van der Waals surface area contributed by atoms with E-state index in [-0.39, 0.29) is 24.8 Å². The Labute approximate surface area is 130 Å². The van der Waals surface area contributed by atoms with Gasteiger partial charge in [-0.05, 0) is 31.4 Å². The standard InChI is InChI=1S/C15H19NO5S/c1-2-20-13-6-3-5-11-9-12(10-21-14(11)13)15(17)16-7-4-8-22(16,18)19/h3,5-6,12H,2,4,7-10H2,1H3/t12-/m1/s1. The van der Waals surface area contributed by atoms with E-state index in [1.54, 1.807) is 0 Å². The molecule has 1 aromatic rings. The SMILES string of the molecule is CCOc1cccc2c1OC[C@H](C(=O)N1CCCS1(=O)=O)C2. The van der Waals surface area contributed by atoms with Crippen LogP contribution in [0.4, 0.5) is 0 Å². The molecule has 2 heterocycles. The Kier molecular flexibility index (Phi) is 3.99. The molecule has 1 fully saturated rings. The molecule has 0 aliphatic carbocycles. The predicted molar refractivity (Wildman–Crippen MR) is 80.4 cm³/mol. The first kappa shape index (κ1) is 15.1. The van der Waals surface area contributed by atoms with Gasteiger partial charge in [-0.25, -0.2) is 12.7 Å². The molecule has 7 heteroatoms. The summed E-state index contributed by atoms with van der Waals surface area (Å²) < 4.78 is 36.0. The fourth-order valence-electron chi connectivity index (χ4n) is 2.91. The number of rotatable bonds is 3. The lowest BCUT2D eigenvalue weighted by molar-refractivity contribution is -0.131. The minimum Gasteiger partial charge on any atom is -0.490 e. The first-order chi connectivity index (χ1) is 10.5. The zero-order valence-electron chi connectivity index (χ0n) is 12.4. The number of nitrogens with zero attached hydrogens (tertiary/aromatic N) is 1. The van der Waals surface area contributed by atoms with E-state index < -0.39 is 15.9 Å². The summed E-state index contributed by atoms with van der Waals surface area (Å²) in [6, 6.07) is 5.57. The van der Waals surface area contributed by atoms with Gasteiger partial charge in [0.2, 0.25) is 15.9 Å². The summed E-state index contributed by atoms with van der Waals surface area (Å²) in [6.45, 7) is 2.90. The molecule has 2 aliphatic heterocycles. The fraction of sp³-hybridized carbons (Fsp3) is 0.533. The van der Waals surface area contributed by atoms with Crippen LogP contribution >= 0.6 is 0 Å². The van der Waals surface area contributed by atoms with Crippen LogP contribution in [0, 0.1) is 5.92 Å². The minimum absolute atomic E-state index is 0.0530. The second-order valence-corrected chi connectivity index (χ2v) is 7.48. The molecule has 0 N–H and O–H groups in total. The fourth-order valence-corrected chi connectivity index (χ4v) is 4.46. The molecule has 22 heavy (non-hydrogen) atoms. The average molecular weight is 325 g/mol. The van der Waals surface area contributed by atoms with Crippen molar-refractivity contribution in [2.45, 2.75) is 19.8 Å². The molecule has 0 saturated carbocycles.